The van der Waals surface area contributed by atoms with Crippen LogP contribution in [0.5, 0.6) is 0 Å². The van der Waals surface area contributed by atoms with Gasteiger partial charge in [-0.1, -0.05) is 42.0 Å². The van der Waals surface area contributed by atoms with Gasteiger partial charge in [-0.25, -0.2) is 9.48 Å². The molecule has 0 unspecified atom stereocenters. The van der Waals surface area contributed by atoms with Crippen molar-refractivity contribution in [3.63, 3.8) is 0 Å². The maximum Gasteiger partial charge on any atom is 0.342 e. The zero-order valence-electron chi connectivity index (χ0n) is 17.4. The molecular formula is C24H25N3O4. The van der Waals surface area contributed by atoms with Crippen molar-refractivity contribution in [2.45, 2.75) is 25.9 Å². The Labute approximate surface area is 181 Å². The lowest BCUT2D eigenvalue weighted by Crippen LogP contribution is -2.34. The Morgan fingerprint density at radius 2 is 2.03 bits per heavy atom. The highest BCUT2D eigenvalue weighted by Gasteiger charge is 2.22. The van der Waals surface area contributed by atoms with Gasteiger partial charge in [0, 0.05) is 24.9 Å². The SMILES string of the molecule is Cc1cccc(-c2nn(-c3ccccc3)cc2C(=O)OCC(=O)NC[C@H]2CCCO2)c1. The van der Waals surface area contributed by atoms with Crippen LogP contribution in [-0.2, 0) is 14.3 Å². The van der Waals surface area contributed by atoms with Crippen molar-refractivity contribution in [3.05, 3.63) is 71.9 Å². The second-order valence-corrected chi connectivity index (χ2v) is 7.56. The van der Waals surface area contributed by atoms with E-state index < -0.39 is 5.97 Å². The third-order valence-electron chi connectivity index (χ3n) is 5.13. The molecule has 1 aliphatic rings. The summed E-state index contributed by atoms with van der Waals surface area (Å²) in [6.07, 6.45) is 3.61. The first kappa shape index (κ1) is 20.8. The molecule has 1 aliphatic heterocycles. The Hall–Kier alpha value is -3.45. The van der Waals surface area contributed by atoms with Crippen molar-refractivity contribution in [2.75, 3.05) is 19.8 Å². The van der Waals surface area contributed by atoms with Gasteiger partial charge in [-0.05, 0) is 38.0 Å². The third kappa shape index (κ3) is 5.19. The van der Waals surface area contributed by atoms with Crippen molar-refractivity contribution in [2.24, 2.45) is 0 Å². The van der Waals surface area contributed by atoms with Gasteiger partial charge in [0.1, 0.15) is 11.3 Å². The predicted octanol–water partition coefficient (Wildman–Crippen LogP) is 3.30. The fraction of sp³-hybridized carbons (Fsp3) is 0.292. The van der Waals surface area contributed by atoms with Crippen LogP contribution in [0.25, 0.3) is 16.9 Å². The third-order valence-corrected chi connectivity index (χ3v) is 5.13. The number of esters is 1. The van der Waals surface area contributed by atoms with Crippen LogP contribution in [-0.4, -0.2) is 47.5 Å². The van der Waals surface area contributed by atoms with Gasteiger partial charge < -0.3 is 14.8 Å². The van der Waals surface area contributed by atoms with Gasteiger partial charge in [0.15, 0.2) is 6.61 Å². The fourth-order valence-electron chi connectivity index (χ4n) is 3.53. The van der Waals surface area contributed by atoms with Crippen LogP contribution in [0.2, 0.25) is 0 Å². The number of benzene rings is 2. The van der Waals surface area contributed by atoms with Gasteiger partial charge in [0.2, 0.25) is 0 Å². The second-order valence-electron chi connectivity index (χ2n) is 7.56. The second kappa shape index (κ2) is 9.57. The molecule has 3 aromatic rings. The minimum Gasteiger partial charge on any atom is -0.452 e. The monoisotopic (exact) mass is 419 g/mol. The van der Waals surface area contributed by atoms with Crippen molar-refractivity contribution >= 4 is 11.9 Å². The van der Waals surface area contributed by atoms with Gasteiger partial charge in [-0.2, -0.15) is 5.10 Å². The number of hydrogen-bond acceptors (Lipinski definition) is 5. The summed E-state index contributed by atoms with van der Waals surface area (Å²) in [5.41, 5.74) is 3.51. The number of nitrogens with one attached hydrogen (secondary N) is 1. The zero-order chi connectivity index (χ0) is 21.6. The van der Waals surface area contributed by atoms with E-state index in [0.717, 1.165) is 36.3 Å². The van der Waals surface area contributed by atoms with Crippen LogP contribution in [0.15, 0.2) is 60.8 Å². The van der Waals surface area contributed by atoms with E-state index in [2.05, 4.69) is 10.4 Å². The van der Waals surface area contributed by atoms with Crippen LogP contribution in [0, 0.1) is 6.92 Å². The highest BCUT2D eigenvalue weighted by molar-refractivity contribution is 5.97. The van der Waals surface area contributed by atoms with Crippen LogP contribution < -0.4 is 5.32 Å². The molecule has 1 aromatic heterocycles. The van der Waals surface area contributed by atoms with Crippen LogP contribution in [0.3, 0.4) is 0 Å². The quantitative estimate of drug-likeness (QED) is 0.594. The molecule has 160 valence electrons. The maximum absolute atomic E-state index is 12.9. The average molecular weight is 419 g/mol. The van der Waals surface area contributed by atoms with Gasteiger partial charge in [-0.15, -0.1) is 0 Å². The van der Waals surface area contributed by atoms with E-state index in [-0.39, 0.29) is 18.6 Å². The number of rotatable bonds is 7. The maximum atomic E-state index is 12.9. The molecule has 1 saturated heterocycles. The Kier molecular flexibility index (Phi) is 6.43. The average Bonchev–Trinajstić information content (AvgIpc) is 3.47. The van der Waals surface area contributed by atoms with Crippen molar-refractivity contribution < 1.29 is 19.1 Å². The number of amides is 1. The van der Waals surface area contributed by atoms with Crippen LogP contribution >= 0.6 is 0 Å². The highest BCUT2D eigenvalue weighted by atomic mass is 16.5. The first-order valence-corrected chi connectivity index (χ1v) is 10.4. The topological polar surface area (TPSA) is 82.5 Å². The van der Waals surface area contributed by atoms with Crippen LogP contribution in [0.1, 0.15) is 28.8 Å². The molecule has 0 bridgehead atoms. The van der Waals surface area contributed by atoms with Gasteiger partial charge in [-0.3, -0.25) is 4.79 Å². The molecule has 0 spiro atoms. The van der Waals surface area contributed by atoms with Crippen molar-refractivity contribution in [3.8, 4) is 16.9 Å². The summed E-state index contributed by atoms with van der Waals surface area (Å²) < 4.78 is 12.4. The van der Waals surface area contributed by atoms with Crippen LogP contribution in [0.4, 0.5) is 0 Å². The molecule has 7 heteroatoms. The van der Waals surface area contributed by atoms with E-state index in [1.807, 2.05) is 61.5 Å². The molecule has 1 fully saturated rings. The molecule has 0 saturated carbocycles. The van der Waals surface area contributed by atoms with Gasteiger partial charge >= 0.3 is 5.97 Å². The standard InChI is InChI=1S/C24H25N3O4/c1-17-7-5-8-18(13-17)23-21(15-27(26-23)19-9-3-2-4-10-19)24(29)31-16-22(28)25-14-20-11-6-12-30-20/h2-5,7-10,13,15,20H,6,11-12,14,16H2,1H3,(H,25,28)/t20-/m1/s1. The van der Waals surface area contributed by atoms with Crippen molar-refractivity contribution in [1.82, 2.24) is 15.1 Å². The Morgan fingerprint density at radius 3 is 2.77 bits per heavy atom. The molecule has 1 atom stereocenters. The summed E-state index contributed by atoms with van der Waals surface area (Å²) in [5, 5.41) is 7.38. The predicted molar refractivity (Wildman–Crippen MR) is 116 cm³/mol. The number of ether oxygens (including phenoxy) is 2. The lowest BCUT2D eigenvalue weighted by atomic mass is 10.1. The van der Waals surface area contributed by atoms with E-state index in [0.29, 0.717) is 17.8 Å². The van der Waals surface area contributed by atoms with E-state index in [1.165, 1.54) is 0 Å². The molecule has 7 nitrogen and oxygen atoms in total. The number of hydrogen-bond donors (Lipinski definition) is 1. The Balaban J connectivity index is 1.50. The summed E-state index contributed by atoms with van der Waals surface area (Å²) in [7, 11) is 0. The molecule has 31 heavy (non-hydrogen) atoms. The fourth-order valence-corrected chi connectivity index (χ4v) is 3.53. The molecule has 1 N–H and O–H groups in total. The molecule has 2 aromatic carbocycles. The van der Waals surface area contributed by atoms with E-state index in [1.54, 1.807) is 10.9 Å². The van der Waals surface area contributed by atoms with E-state index in [4.69, 9.17) is 9.47 Å². The minimum atomic E-state index is -0.592. The van der Waals surface area contributed by atoms with Gasteiger partial charge in [0.05, 0.1) is 11.8 Å². The minimum absolute atomic E-state index is 0.0386. The van der Waals surface area contributed by atoms with E-state index in [9.17, 15) is 9.59 Å². The highest BCUT2D eigenvalue weighted by Crippen LogP contribution is 2.25. The Bertz CT molecular complexity index is 1060. The number of nitrogens with zero attached hydrogens (tertiary/aromatic N) is 2. The molecule has 0 aliphatic carbocycles. The summed E-state index contributed by atoms with van der Waals surface area (Å²) in [6, 6.07) is 17.3. The smallest absolute Gasteiger partial charge is 0.342 e. The lowest BCUT2D eigenvalue weighted by Gasteiger charge is -2.11. The zero-order valence-corrected chi connectivity index (χ0v) is 17.4. The summed E-state index contributed by atoms with van der Waals surface area (Å²) in [4.78, 5) is 25.0. The molecule has 0 radical (unpaired) electrons. The molecule has 1 amide bonds. The van der Waals surface area contributed by atoms with Crippen molar-refractivity contribution in [1.29, 1.82) is 0 Å². The molecular weight excluding hydrogens is 394 g/mol. The first-order valence-electron chi connectivity index (χ1n) is 10.4. The number of carbonyl (C=O) groups is 2. The Morgan fingerprint density at radius 1 is 1.19 bits per heavy atom. The number of aryl methyl sites for hydroxylation is 1. The summed E-state index contributed by atoms with van der Waals surface area (Å²) in [6.45, 7) is 2.78. The largest absolute Gasteiger partial charge is 0.452 e. The summed E-state index contributed by atoms with van der Waals surface area (Å²) >= 11 is 0. The summed E-state index contributed by atoms with van der Waals surface area (Å²) in [5.74, 6) is -0.942. The van der Waals surface area contributed by atoms with E-state index >= 15 is 0 Å². The number of aromatic nitrogens is 2. The number of carbonyl (C=O) groups excluding carboxylic acids is 2. The van der Waals surface area contributed by atoms with Gasteiger partial charge in [0.25, 0.3) is 5.91 Å². The lowest BCUT2D eigenvalue weighted by molar-refractivity contribution is -0.124. The molecule has 2 heterocycles. The number of para-hydroxylation sites is 1. The molecule has 4 rings (SSSR count). The first-order chi connectivity index (χ1) is 15.1. The normalized spacial score (nSPS) is 15.6.